The highest BCUT2D eigenvalue weighted by atomic mass is 16.5. The fraction of sp³-hybridized carbons (Fsp3) is 0.350. The number of rotatable bonds is 8. The van der Waals surface area contributed by atoms with Crippen molar-refractivity contribution in [2.45, 2.75) is 32.6 Å². The van der Waals surface area contributed by atoms with E-state index >= 15 is 0 Å². The fourth-order valence-corrected chi connectivity index (χ4v) is 2.63. The molecule has 2 aromatic carbocycles. The zero-order valence-electron chi connectivity index (χ0n) is 14.3. The first-order chi connectivity index (χ1) is 11.6. The van der Waals surface area contributed by atoms with Crippen LogP contribution in [0.3, 0.4) is 0 Å². The smallest absolute Gasteiger partial charge is 0.224 e. The van der Waals surface area contributed by atoms with Crippen LogP contribution >= 0.6 is 0 Å². The molecule has 0 aliphatic rings. The third kappa shape index (κ3) is 5.61. The molecular weight excluding hydrogens is 302 g/mol. The summed E-state index contributed by atoms with van der Waals surface area (Å²) in [5, 5.41) is 12.5. The Hall–Kier alpha value is -2.49. The topological polar surface area (TPSA) is 58.6 Å². The van der Waals surface area contributed by atoms with Crippen LogP contribution in [0.25, 0.3) is 0 Å². The van der Waals surface area contributed by atoms with E-state index in [1.165, 1.54) is 18.2 Å². The SMILES string of the molecule is COc1cc(CC(=O)NCCCCc2cccc(C)c2)ccc1O. The average molecular weight is 327 g/mol. The van der Waals surface area contributed by atoms with E-state index in [2.05, 4.69) is 36.5 Å². The number of aromatic hydroxyl groups is 1. The Morgan fingerprint density at radius 3 is 2.71 bits per heavy atom. The van der Waals surface area contributed by atoms with Crippen LogP contribution in [-0.2, 0) is 17.6 Å². The molecule has 0 bridgehead atoms. The summed E-state index contributed by atoms with van der Waals surface area (Å²) in [7, 11) is 1.49. The minimum Gasteiger partial charge on any atom is -0.504 e. The van der Waals surface area contributed by atoms with Gasteiger partial charge in [-0.1, -0.05) is 35.9 Å². The number of nitrogens with one attached hydrogen (secondary N) is 1. The number of amides is 1. The summed E-state index contributed by atoms with van der Waals surface area (Å²) in [5.74, 6) is 0.453. The van der Waals surface area contributed by atoms with Crippen molar-refractivity contribution in [3.63, 3.8) is 0 Å². The van der Waals surface area contributed by atoms with Crippen molar-refractivity contribution < 1.29 is 14.6 Å². The first-order valence-electron chi connectivity index (χ1n) is 8.26. The summed E-state index contributed by atoms with van der Waals surface area (Å²) in [6.45, 7) is 2.78. The number of methoxy groups -OCH3 is 1. The number of carbonyl (C=O) groups is 1. The minimum atomic E-state index is -0.0155. The normalized spacial score (nSPS) is 10.4. The van der Waals surface area contributed by atoms with Crippen LogP contribution in [-0.4, -0.2) is 24.7 Å². The van der Waals surface area contributed by atoms with Gasteiger partial charge in [0.05, 0.1) is 13.5 Å². The van der Waals surface area contributed by atoms with Gasteiger partial charge in [-0.2, -0.15) is 0 Å². The van der Waals surface area contributed by atoms with Gasteiger partial charge in [0.1, 0.15) is 0 Å². The van der Waals surface area contributed by atoms with Crippen molar-refractivity contribution in [2.75, 3.05) is 13.7 Å². The van der Waals surface area contributed by atoms with Crippen LogP contribution in [0, 0.1) is 6.92 Å². The molecule has 4 heteroatoms. The van der Waals surface area contributed by atoms with E-state index in [9.17, 15) is 9.90 Å². The quantitative estimate of drug-likeness (QED) is 0.731. The summed E-state index contributed by atoms with van der Waals surface area (Å²) in [4.78, 5) is 12.0. The molecule has 4 nitrogen and oxygen atoms in total. The molecule has 0 spiro atoms. The molecule has 2 aromatic rings. The highest BCUT2D eigenvalue weighted by Gasteiger charge is 2.07. The third-order valence-electron chi connectivity index (χ3n) is 3.91. The average Bonchev–Trinajstić information content (AvgIpc) is 2.56. The largest absolute Gasteiger partial charge is 0.504 e. The number of phenolic OH excluding ortho intramolecular Hbond substituents is 1. The lowest BCUT2D eigenvalue weighted by Crippen LogP contribution is -2.26. The Morgan fingerprint density at radius 2 is 1.96 bits per heavy atom. The molecule has 128 valence electrons. The van der Waals surface area contributed by atoms with Crippen molar-refractivity contribution in [1.29, 1.82) is 0 Å². The van der Waals surface area contributed by atoms with Crippen molar-refractivity contribution in [2.24, 2.45) is 0 Å². The predicted octanol–water partition coefficient (Wildman–Crippen LogP) is 3.39. The molecule has 2 rings (SSSR count). The van der Waals surface area contributed by atoms with E-state index in [-0.39, 0.29) is 18.1 Å². The molecule has 1 amide bonds. The number of hydrogen-bond donors (Lipinski definition) is 2. The van der Waals surface area contributed by atoms with E-state index in [1.807, 2.05) is 0 Å². The Labute approximate surface area is 143 Å². The summed E-state index contributed by atoms with van der Waals surface area (Å²) in [6.07, 6.45) is 3.33. The van der Waals surface area contributed by atoms with Gasteiger partial charge in [0.15, 0.2) is 11.5 Å². The molecule has 0 unspecified atom stereocenters. The van der Waals surface area contributed by atoms with Gasteiger partial charge in [0.2, 0.25) is 5.91 Å². The molecule has 0 saturated carbocycles. The Kier molecular flexibility index (Phi) is 6.67. The van der Waals surface area contributed by atoms with Gasteiger partial charge in [-0.15, -0.1) is 0 Å². The van der Waals surface area contributed by atoms with Crippen molar-refractivity contribution >= 4 is 5.91 Å². The van der Waals surface area contributed by atoms with E-state index in [1.54, 1.807) is 18.2 Å². The van der Waals surface area contributed by atoms with Crippen molar-refractivity contribution in [3.05, 3.63) is 59.2 Å². The fourth-order valence-electron chi connectivity index (χ4n) is 2.63. The van der Waals surface area contributed by atoms with Crippen LogP contribution in [0.5, 0.6) is 11.5 Å². The number of phenols is 1. The van der Waals surface area contributed by atoms with Gasteiger partial charge in [-0.3, -0.25) is 4.79 Å². The molecule has 2 N–H and O–H groups in total. The minimum absolute atomic E-state index is 0.0155. The highest BCUT2D eigenvalue weighted by Crippen LogP contribution is 2.26. The van der Waals surface area contributed by atoms with Crippen LogP contribution in [0.4, 0.5) is 0 Å². The number of hydrogen-bond acceptors (Lipinski definition) is 3. The molecule has 0 aliphatic carbocycles. The summed E-state index contributed by atoms with van der Waals surface area (Å²) >= 11 is 0. The monoisotopic (exact) mass is 327 g/mol. The van der Waals surface area contributed by atoms with Crippen LogP contribution in [0.15, 0.2) is 42.5 Å². The zero-order chi connectivity index (χ0) is 17.4. The number of ether oxygens (including phenoxy) is 1. The van der Waals surface area contributed by atoms with Crippen molar-refractivity contribution in [1.82, 2.24) is 5.32 Å². The molecule has 0 aliphatic heterocycles. The van der Waals surface area contributed by atoms with Crippen LogP contribution < -0.4 is 10.1 Å². The van der Waals surface area contributed by atoms with E-state index in [0.29, 0.717) is 12.3 Å². The van der Waals surface area contributed by atoms with Gasteiger partial charge in [0, 0.05) is 6.54 Å². The summed E-state index contributed by atoms with van der Waals surface area (Å²) < 4.78 is 5.05. The first-order valence-corrected chi connectivity index (χ1v) is 8.26. The second-order valence-corrected chi connectivity index (χ2v) is 5.98. The highest BCUT2D eigenvalue weighted by molar-refractivity contribution is 5.78. The zero-order valence-corrected chi connectivity index (χ0v) is 14.3. The predicted molar refractivity (Wildman–Crippen MR) is 95.5 cm³/mol. The van der Waals surface area contributed by atoms with Gasteiger partial charge in [-0.25, -0.2) is 0 Å². The maximum absolute atomic E-state index is 12.0. The number of carbonyl (C=O) groups excluding carboxylic acids is 1. The first kappa shape index (κ1) is 17.9. The van der Waals surface area contributed by atoms with Gasteiger partial charge in [0.25, 0.3) is 0 Å². The van der Waals surface area contributed by atoms with E-state index < -0.39 is 0 Å². The molecule has 0 radical (unpaired) electrons. The number of aryl methyl sites for hydroxylation is 2. The van der Waals surface area contributed by atoms with E-state index in [4.69, 9.17) is 4.74 Å². The Balaban J connectivity index is 1.68. The van der Waals surface area contributed by atoms with Gasteiger partial charge >= 0.3 is 0 Å². The Morgan fingerprint density at radius 1 is 1.12 bits per heavy atom. The molecule has 24 heavy (non-hydrogen) atoms. The number of unbranched alkanes of at least 4 members (excludes halogenated alkanes) is 1. The van der Waals surface area contributed by atoms with Crippen LogP contribution in [0.1, 0.15) is 29.5 Å². The van der Waals surface area contributed by atoms with E-state index in [0.717, 1.165) is 24.8 Å². The molecule has 0 fully saturated rings. The second kappa shape index (κ2) is 8.96. The molecule has 0 atom stereocenters. The van der Waals surface area contributed by atoms with Gasteiger partial charge in [-0.05, 0) is 49.4 Å². The lowest BCUT2D eigenvalue weighted by atomic mass is 10.1. The van der Waals surface area contributed by atoms with Crippen molar-refractivity contribution in [3.8, 4) is 11.5 Å². The maximum atomic E-state index is 12.0. The lowest BCUT2D eigenvalue weighted by molar-refractivity contribution is -0.120. The third-order valence-corrected chi connectivity index (χ3v) is 3.91. The van der Waals surface area contributed by atoms with Crippen LogP contribution in [0.2, 0.25) is 0 Å². The molecular formula is C20H25NO3. The lowest BCUT2D eigenvalue weighted by Gasteiger charge is -2.08. The Bertz CT molecular complexity index is 682. The second-order valence-electron chi connectivity index (χ2n) is 5.98. The standard InChI is InChI=1S/C20H25NO3/c1-15-6-5-8-16(12-15)7-3-4-11-21-20(23)14-17-9-10-18(22)19(13-17)24-2/h5-6,8-10,12-13,22H,3-4,7,11,14H2,1-2H3,(H,21,23). The molecule has 0 aromatic heterocycles. The summed E-state index contributed by atoms with van der Waals surface area (Å²) in [6, 6.07) is 13.5. The summed E-state index contributed by atoms with van der Waals surface area (Å²) in [5.41, 5.74) is 3.45. The number of benzene rings is 2. The maximum Gasteiger partial charge on any atom is 0.224 e. The molecule has 0 saturated heterocycles. The molecule has 0 heterocycles. The van der Waals surface area contributed by atoms with Gasteiger partial charge < -0.3 is 15.2 Å².